The van der Waals surface area contributed by atoms with Crippen molar-refractivity contribution in [3.8, 4) is 0 Å². The Morgan fingerprint density at radius 1 is 1.40 bits per heavy atom. The number of aromatic nitrogens is 2. The Morgan fingerprint density at radius 3 is 2.60 bits per heavy atom. The Balaban J connectivity index is 2.04. The van der Waals surface area contributed by atoms with Crippen molar-refractivity contribution < 1.29 is 9.18 Å². The summed E-state index contributed by atoms with van der Waals surface area (Å²) in [5.74, 6) is -0.352. The second-order valence-corrected chi connectivity index (χ2v) is 4.98. The van der Waals surface area contributed by atoms with Crippen molar-refractivity contribution in [1.29, 1.82) is 0 Å². The van der Waals surface area contributed by atoms with Crippen LogP contribution in [0.15, 0.2) is 36.7 Å². The van der Waals surface area contributed by atoms with Crippen LogP contribution in [0.2, 0.25) is 0 Å². The lowest BCUT2D eigenvalue weighted by atomic mass is 10.0. The number of ketones is 1. The van der Waals surface area contributed by atoms with Gasteiger partial charge < -0.3 is 0 Å². The molecule has 2 rings (SSSR count). The zero-order valence-electron chi connectivity index (χ0n) is 11.9. The SMILES string of the molecule is CC(C(=O)c1ccc(F)cc1)N(C)Cc1cnn(C)c1. The lowest BCUT2D eigenvalue weighted by Gasteiger charge is -2.23. The van der Waals surface area contributed by atoms with Gasteiger partial charge in [-0.2, -0.15) is 5.10 Å². The molecule has 2 aromatic rings. The van der Waals surface area contributed by atoms with E-state index in [0.717, 1.165) is 5.56 Å². The molecule has 0 amide bonds. The molecule has 0 saturated carbocycles. The van der Waals surface area contributed by atoms with Gasteiger partial charge in [0.2, 0.25) is 0 Å². The van der Waals surface area contributed by atoms with Gasteiger partial charge in [0.15, 0.2) is 5.78 Å². The maximum absolute atomic E-state index is 12.9. The van der Waals surface area contributed by atoms with Crippen LogP contribution in [0.3, 0.4) is 0 Å². The highest BCUT2D eigenvalue weighted by Crippen LogP contribution is 2.11. The normalized spacial score (nSPS) is 12.7. The summed E-state index contributed by atoms with van der Waals surface area (Å²) >= 11 is 0. The summed E-state index contributed by atoms with van der Waals surface area (Å²) < 4.78 is 14.6. The Bertz CT molecular complexity index is 591. The third-order valence-electron chi connectivity index (χ3n) is 3.36. The molecule has 1 aromatic heterocycles. The van der Waals surface area contributed by atoms with Crippen LogP contribution in [0.5, 0.6) is 0 Å². The number of hydrogen-bond acceptors (Lipinski definition) is 3. The molecule has 0 aliphatic rings. The summed E-state index contributed by atoms with van der Waals surface area (Å²) in [4.78, 5) is 14.3. The zero-order valence-corrected chi connectivity index (χ0v) is 11.9. The van der Waals surface area contributed by atoms with Crippen LogP contribution >= 0.6 is 0 Å². The molecule has 0 fully saturated rings. The predicted octanol–water partition coefficient (Wildman–Crippen LogP) is 2.26. The average Bonchev–Trinajstić information content (AvgIpc) is 2.83. The summed E-state index contributed by atoms with van der Waals surface area (Å²) in [6.07, 6.45) is 3.71. The first-order valence-electron chi connectivity index (χ1n) is 6.45. The van der Waals surface area contributed by atoms with Crippen LogP contribution < -0.4 is 0 Å². The number of Topliss-reactive ketones (excluding diaryl/α,β-unsaturated/α-hetero) is 1. The molecule has 106 valence electrons. The van der Waals surface area contributed by atoms with Crippen LogP contribution in [0.4, 0.5) is 4.39 Å². The Kier molecular flexibility index (Phi) is 4.29. The van der Waals surface area contributed by atoms with Crippen molar-refractivity contribution in [2.24, 2.45) is 7.05 Å². The van der Waals surface area contributed by atoms with Crippen molar-refractivity contribution in [2.75, 3.05) is 7.05 Å². The van der Waals surface area contributed by atoms with E-state index in [1.807, 2.05) is 32.1 Å². The number of carbonyl (C=O) groups excluding carboxylic acids is 1. The van der Waals surface area contributed by atoms with E-state index in [-0.39, 0.29) is 17.6 Å². The van der Waals surface area contributed by atoms with E-state index >= 15 is 0 Å². The van der Waals surface area contributed by atoms with Gasteiger partial charge in [0.1, 0.15) is 5.82 Å². The molecule has 0 aliphatic carbocycles. The molecule has 0 radical (unpaired) electrons. The fourth-order valence-electron chi connectivity index (χ4n) is 2.03. The first kappa shape index (κ1) is 14.4. The smallest absolute Gasteiger partial charge is 0.179 e. The Labute approximate surface area is 117 Å². The van der Waals surface area contributed by atoms with Crippen LogP contribution in [0.25, 0.3) is 0 Å². The molecule has 0 aliphatic heterocycles. The van der Waals surface area contributed by atoms with E-state index in [1.54, 1.807) is 10.9 Å². The summed E-state index contributed by atoms with van der Waals surface area (Å²) in [6, 6.07) is 5.38. The molecular weight excluding hydrogens is 257 g/mol. The summed E-state index contributed by atoms with van der Waals surface area (Å²) in [6.45, 7) is 2.49. The Morgan fingerprint density at radius 2 is 2.05 bits per heavy atom. The highest BCUT2D eigenvalue weighted by atomic mass is 19.1. The number of benzene rings is 1. The van der Waals surface area contributed by atoms with Crippen molar-refractivity contribution in [3.05, 3.63) is 53.6 Å². The number of halogens is 1. The van der Waals surface area contributed by atoms with E-state index in [2.05, 4.69) is 5.10 Å². The number of carbonyl (C=O) groups is 1. The van der Waals surface area contributed by atoms with Gasteiger partial charge in [-0.1, -0.05) is 0 Å². The first-order valence-corrected chi connectivity index (χ1v) is 6.45. The van der Waals surface area contributed by atoms with Crippen LogP contribution in [-0.4, -0.2) is 33.6 Å². The van der Waals surface area contributed by atoms with Crippen LogP contribution in [0.1, 0.15) is 22.8 Å². The molecule has 1 aromatic carbocycles. The zero-order chi connectivity index (χ0) is 14.7. The molecule has 1 unspecified atom stereocenters. The minimum Gasteiger partial charge on any atom is -0.292 e. The van der Waals surface area contributed by atoms with Gasteiger partial charge in [-0.05, 0) is 38.2 Å². The second-order valence-electron chi connectivity index (χ2n) is 4.98. The highest BCUT2D eigenvalue weighted by molar-refractivity contribution is 5.99. The third kappa shape index (κ3) is 3.30. The van der Waals surface area contributed by atoms with E-state index < -0.39 is 0 Å². The van der Waals surface area contributed by atoms with E-state index in [0.29, 0.717) is 12.1 Å². The molecule has 1 heterocycles. The van der Waals surface area contributed by atoms with E-state index in [4.69, 9.17) is 0 Å². The molecular formula is C15H18FN3O. The predicted molar refractivity (Wildman–Crippen MR) is 74.9 cm³/mol. The standard InChI is InChI=1S/C15H18FN3O/c1-11(15(20)13-4-6-14(16)7-5-13)18(2)9-12-8-17-19(3)10-12/h4-8,10-11H,9H2,1-3H3. The third-order valence-corrected chi connectivity index (χ3v) is 3.36. The molecule has 4 nitrogen and oxygen atoms in total. The Hall–Kier alpha value is -2.01. The van der Waals surface area contributed by atoms with Gasteiger partial charge in [0.25, 0.3) is 0 Å². The number of aryl methyl sites for hydroxylation is 1. The monoisotopic (exact) mass is 275 g/mol. The number of likely N-dealkylation sites (N-methyl/N-ethyl adjacent to an activating group) is 1. The van der Waals surface area contributed by atoms with Crippen LogP contribution in [-0.2, 0) is 13.6 Å². The largest absolute Gasteiger partial charge is 0.292 e. The maximum Gasteiger partial charge on any atom is 0.179 e. The van der Waals surface area contributed by atoms with Gasteiger partial charge in [0, 0.05) is 30.9 Å². The summed E-state index contributed by atoms with van der Waals surface area (Å²) in [5.41, 5.74) is 1.57. The molecule has 20 heavy (non-hydrogen) atoms. The van der Waals surface area contributed by atoms with Gasteiger partial charge in [-0.25, -0.2) is 4.39 Å². The maximum atomic E-state index is 12.9. The van der Waals surface area contributed by atoms with Crippen molar-refractivity contribution in [1.82, 2.24) is 14.7 Å². The fraction of sp³-hybridized carbons (Fsp3) is 0.333. The minimum absolute atomic E-state index is 0.0172. The lowest BCUT2D eigenvalue weighted by Crippen LogP contribution is -2.35. The lowest BCUT2D eigenvalue weighted by molar-refractivity contribution is 0.0862. The molecule has 5 heteroatoms. The number of nitrogens with zero attached hydrogens (tertiary/aromatic N) is 3. The van der Waals surface area contributed by atoms with Gasteiger partial charge >= 0.3 is 0 Å². The quantitative estimate of drug-likeness (QED) is 0.786. The average molecular weight is 275 g/mol. The van der Waals surface area contributed by atoms with Crippen molar-refractivity contribution in [2.45, 2.75) is 19.5 Å². The van der Waals surface area contributed by atoms with Crippen molar-refractivity contribution >= 4 is 5.78 Å². The first-order chi connectivity index (χ1) is 9.47. The second kappa shape index (κ2) is 5.96. The van der Waals surface area contributed by atoms with Crippen molar-refractivity contribution in [3.63, 3.8) is 0 Å². The van der Waals surface area contributed by atoms with Gasteiger partial charge in [0.05, 0.1) is 12.2 Å². The van der Waals surface area contributed by atoms with Gasteiger partial charge in [-0.15, -0.1) is 0 Å². The summed E-state index contributed by atoms with van der Waals surface area (Å²) in [5, 5.41) is 4.11. The van der Waals surface area contributed by atoms with Gasteiger partial charge in [-0.3, -0.25) is 14.4 Å². The minimum atomic E-state index is -0.335. The molecule has 0 bridgehead atoms. The summed E-state index contributed by atoms with van der Waals surface area (Å²) in [7, 11) is 3.75. The molecule has 0 saturated heterocycles. The van der Waals surface area contributed by atoms with E-state index in [1.165, 1.54) is 24.3 Å². The molecule has 0 N–H and O–H groups in total. The molecule has 1 atom stereocenters. The number of rotatable bonds is 5. The number of hydrogen-bond donors (Lipinski definition) is 0. The van der Waals surface area contributed by atoms with Crippen LogP contribution in [0, 0.1) is 5.82 Å². The fourth-order valence-corrected chi connectivity index (χ4v) is 2.03. The molecule has 0 spiro atoms. The highest BCUT2D eigenvalue weighted by Gasteiger charge is 2.20. The topological polar surface area (TPSA) is 38.1 Å². The van der Waals surface area contributed by atoms with E-state index in [9.17, 15) is 9.18 Å².